The van der Waals surface area contributed by atoms with E-state index >= 15 is 0 Å². The quantitative estimate of drug-likeness (QED) is 0.641. The maximum atomic E-state index is 13.2. The Morgan fingerprint density at radius 3 is 2.33 bits per heavy atom. The summed E-state index contributed by atoms with van der Waals surface area (Å²) in [6.07, 6.45) is 1.06. The summed E-state index contributed by atoms with van der Waals surface area (Å²) in [5.41, 5.74) is 1.93. The first-order valence-electron chi connectivity index (χ1n) is 11.2. The molecule has 1 amide bonds. The minimum absolute atomic E-state index is 0.130. The van der Waals surface area contributed by atoms with Gasteiger partial charge in [0.2, 0.25) is 15.9 Å². The lowest BCUT2D eigenvalue weighted by Crippen LogP contribution is -2.52. The van der Waals surface area contributed by atoms with E-state index in [0.29, 0.717) is 49.8 Å². The summed E-state index contributed by atoms with van der Waals surface area (Å²) in [5, 5.41) is 0.705. The van der Waals surface area contributed by atoms with Gasteiger partial charge in [-0.3, -0.25) is 4.79 Å². The highest BCUT2D eigenvalue weighted by molar-refractivity contribution is 7.89. The monoisotopic (exact) mass is 491 g/mol. The van der Waals surface area contributed by atoms with E-state index in [1.807, 2.05) is 42.2 Å². The first kappa shape index (κ1) is 23.9. The van der Waals surface area contributed by atoms with Crippen LogP contribution in [0.1, 0.15) is 18.4 Å². The van der Waals surface area contributed by atoms with E-state index in [2.05, 4.69) is 4.90 Å². The highest BCUT2D eigenvalue weighted by atomic mass is 35.5. The first-order chi connectivity index (χ1) is 15.8. The molecule has 0 unspecified atom stereocenters. The maximum Gasteiger partial charge on any atom is 0.246 e. The molecular formula is C24H30ClN3O4S. The Bertz CT molecular complexity index is 1110. The summed E-state index contributed by atoms with van der Waals surface area (Å²) >= 11 is 6.11. The van der Waals surface area contributed by atoms with Crippen molar-refractivity contribution in [3.05, 3.63) is 53.1 Å². The van der Waals surface area contributed by atoms with Crippen LogP contribution in [-0.4, -0.2) is 69.9 Å². The number of rotatable bonds is 5. The molecular weight excluding hydrogens is 462 g/mol. The number of carbonyl (C=O) groups is 1. The van der Waals surface area contributed by atoms with Gasteiger partial charge in [-0.05, 0) is 55.7 Å². The average Bonchev–Trinajstić information content (AvgIpc) is 2.84. The second kappa shape index (κ2) is 9.91. The first-order valence-corrected chi connectivity index (χ1v) is 13.1. The summed E-state index contributed by atoms with van der Waals surface area (Å²) in [7, 11) is -2.20. The summed E-state index contributed by atoms with van der Waals surface area (Å²) in [6.45, 7) is 5.35. The molecule has 0 atom stereocenters. The second-order valence-electron chi connectivity index (χ2n) is 8.62. The number of amides is 1. The second-order valence-corrected chi connectivity index (χ2v) is 11.0. The molecule has 178 valence electrons. The molecule has 0 radical (unpaired) electrons. The fraction of sp³-hybridized carbons (Fsp3) is 0.458. The van der Waals surface area contributed by atoms with Gasteiger partial charge in [0.1, 0.15) is 10.6 Å². The van der Waals surface area contributed by atoms with E-state index in [0.717, 1.165) is 24.3 Å². The molecule has 33 heavy (non-hydrogen) atoms. The number of anilines is 1. The Morgan fingerprint density at radius 2 is 1.70 bits per heavy atom. The number of hydrogen-bond acceptors (Lipinski definition) is 5. The Morgan fingerprint density at radius 1 is 1.00 bits per heavy atom. The van der Waals surface area contributed by atoms with Crippen molar-refractivity contribution in [1.82, 2.24) is 9.21 Å². The van der Waals surface area contributed by atoms with Gasteiger partial charge >= 0.3 is 0 Å². The fourth-order valence-electron chi connectivity index (χ4n) is 4.58. The van der Waals surface area contributed by atoms with Crippen LogP contribution in [0.5, 0.6) is 5.75 Å². The summed E-state index contributed by atoms with van der Waals surface area (Å²) in [6, 6.07) is 12.9. The number of piperidine rings is 1. The van der Waals surface area contributed by atoms with Gasteiger partial charge < -0.3 is 14.5 Å². The number of nitrogens with zero attached hydrogens (tertiary/aromatic N) is 3. The molecule has 0 spiro atoms. The number of piperazine rings is 1. The highest BCUT2D eigenvalue weighted by Crippen LogP contribution is 2.31. The normalized spacial score (nSPS) is 18.4. The summed E-state index contributed by atoms with van der Waals surface area (Å²) in [5.74, 6) is 0.330. The predicted octanol–water partition coefficient (Wildman–Crippen LogP) is 3.41. The molecule has 2 fully saturated rings. The lowest BCUT2D eigenvalue weighted by molar-refractivity contribution is -0.137. The molecule has 4 rings (SSSR count). The van der Waals surface area contributed by atoms with E-state index in [-0.39, 0.29) is 16.7 Å². The zero-order chi connectivity index (χ0) is 23.6. The number of halogens is 1. The molecule has 7 nitrogen and oxygen atoms in total. The average molecular weight is 492 g/mol. The molecule has 0 aromatic heterocycles. The molecule has 0 aliphatic carbocycles. The standard InChI is InChI=1S/C24H30ClN3O4S/c1-18-6-7-22(32-2)23(16-18)33(30,31)28-10-8-19(9-11-28)24(29)27-14-12-26(13-15-27)21-5-3-4-20(25)17-21/h3-7,16-17,19H,8-15H2,1-2H3. The van der Waals surface area contributed by atoms with Gasteiger partial charge in [0.15, 0.2) is 0 Å². The van der Waals surface area contributed by atoms with E-state index in [4.69, 9.17) is 16.3 Å². The Balaban J connectivity index is 1.34. The van der Waals surface area contributed by atoms with Crippen molar-refractivity contribution >= 4 is 33.2 Å². The fourth-order valence-corrected chi connectivity index (χ4v) is 6.48. The van der Waals surface area contributed by atoms with E-state index in [1.54, 1.807) is 12.1 Å². The van der Waals surface area contributed by atoms with Crippen molar-refractivity contribution in [3.8, 4) is 5.75 Å². The predicted molar refractivity (Wildman–Crippen MR) is 129 cm³/mol. The zero-order valence-corrected chi connectivity index (χ0v) is 20.6. The number of methoxy groups -OCH3 is 1. The van der Waals surface area contributed by atoms with E-state index in [1.165, 1.54) is 11.4 Å². The molecule has 2 aliphatic heterocycles. The van der Waals surface area contributed by atoms with Crippen LogP contribution in [0.3, 0.4) is 0 Å². The van der Waals surface area contributed by atoms with Crippen molar-refractivity contribution in [1.29, 1.82) is 0 Å². The largest absolute Gasteiger partial charge is 0.495 e. The molecule has 2 aliphatic rings. The van der Waals surface area contributed by atoms with Gasteiger partial charge in [-0.25, -0.2) is 8.42 Å². The lowest BCUT2D eigenvalue weighted by atomic mass is 9.96. The minimum atomic E-state index is -3.68. The van der Waals surface area contributed by atoms with Crippen LogP contribution in [0.15, 0.2) is 47.4 Å². The maximum absolute atomic E-state index is 13.2. The number of benzene rings is 2. The number of aryl methyl sites for hydroxylation is 1. The third-order valence-corrected chi connectivity index (χ3v) is 8.66. The zero-order valence-electron chi connectivity index (χ0n) is 19.0. The number of sulfonamides is 1. The van der Waals surface area contributed by atoms with Crippen LogP contribution in [0.25, 0.3) is 0 Å². The summed E-state index contributed by atoms with van der Waals surface area (Å²) < 4.78 is 33.2. The number of hydrogen-bond donors (Lipinski definition) is 0. The van der Waals surface area contributed by atoms with E-state index in [9.17, 15) is 13.2 Å². The van der Waals surface area contributed by atoms with Gasteiger partial charge in [-0.2, -0.15) is 4.31 Å². The van der Waals surface area contributed by atoms with Crippen LogP contribution < -0.4 is 9.64 Å². The Kier molecular flexibility index (Phi) is 7.16. The molecule has 0 saturated carbocycles. The molecule has 2 aromatic rings. The van der Waals surface area contributed by atoms with Crippen LogP contribution in [0.2, 0.25) is 5.02 Å². The number of carbonyl (C=O) groups excluding carboxylic acids is 1. The Labute approximate surface area is 200 Å². The molecule has 0 N–H and O–H groups in total. The minimum Gasteiger partial charge on any atom is -0.495 e. The van der Waals surface area contributed by atoms with Crippen molar-refractivity contribution in [3.63, 3.8) is 0 Å². The lowest BCUT2D eigenvalue weighted by Gasteiger charge is -2.39. The van der Waals surface area contributed by atoms with Crippen molar-refractivity contribution in [2.45, 2.75) is 24.7 Å². The van der Waals surface area contributed by atoms with Crippen molar-refractivity contribution in [2.24, 2.45) is 5.92 Å². The smallest absolute Gasteiger partial charge is 0.246 e. The van der Waals surface area contributed by atoms with Gasteiger partial charge in [0, 0.05) is 55.9 Å². The van der Waals surface area contributed by atoms with Crippen molar-refractivity contribution < 1.29 is 17.9 Å². The van der Waals surface area contributed by atoms with Crippen LogP contribution in [-0.2, 0) is 14.8 Å². The molecule has 2 saturated heterocycles. The van der Waals surface area contributed by atoms with Gasteiger partial charge in [0.25, 0.3) is 0 Å². The van der Waals surface area contributed by atoms with Crippen LogP contribution >= 0.6 is 11.6 Å². The molecule has 2 aromatic carbocycles. The van der Waals surface area contributed by atoms with Gasteiger partial charge in [-0.15, -0.1) is 0 Å². The summed E-state index contributed by atoms with van der Waals surface area (Å²) in [4.78, 5) is 17.5. The van der Waals surface area contributed by atoms with Crippen molar-refractivity contribution in [2.75, 3.05) is 51.3 Å². The third-order valence-electron chi connectivity index (χ3n) is 6.50. The molecule has 9 heteroatoms. The molecule has 2 heterocycles. The molecule has 0 bridgehead atoms. The van der Waals surface area contributed by atoms with Crippen LogP contribution in [0, 0.1) is 12.8 Å². The van der Waals surface area contributed by atoms with Gasteiger partial charge in [0.05, 0.1) is 7.11 Å². The third kappa shape index (κ3) is 5.13. The topological polar surface area (TPSA) is 70.2 Å². The van der Waals surface area contributed by atoms with Crippen LogP contribution in [0.4, 0.5) is 5.69 Å². The SMILES string of the molecule is COc1ccc(C)cc1S(=O)(=O)N1CCC(C(=O)N2CCN(c3cccc(Cl)c3)CC2)CC1. The van der Waals surface area contributed by atoms with E-state index < -0.39 is 10.0 Å². The Hall–Kier alpha value is -2.29. The highest BCUT2D eigenvalue weighted by Gasteiger charge is 2.35. The number of ether oxygens (including phenoxy) is 1. The van der Waals surface area contributed by atoms with Gasteiger partial charge in [-0.1, -0.05) is 23.7 Å².